The van der Waals surface area contributed by atoms with E-state index < -0.39 is 15.5 Å². The van der Waals surface area contributed by atoms with Gasteiger partial charge in [-0.2, -0.15) is 13.7 Å². The number of nitriles is 1. The van der Waals surface area contributed by atoms with Gasteiger partial charge in [-0.05, 0) is 61.2 Å². The maximum atomic E-state index is 13.1. The molecule has 1 amide bonds. The first-order valence-corrected chi connectivity index (χ1v) is 11.0. The number of hydrogen-bond donors (Lipinski definition) is 0. The van der Waals surface area contributed by atoms with Crippen molar-refractivity contribution in [2.75, 3.05) is 13.6 Å². The highest BCUT2D eigenvalue weighted by molar-refractivity contribution is 7.87. The van der Waals surface area contributed by atoms with Gasteiger partial charge in [0.1, 0.15) is 10.6 Å². The van der Waals surface area contributed by atoms with Crippen molar-refractivity contribution < 1.29 is 17.4 Å². The van der Waals surface area contributed by atoms with Crippen LogP contribution in [0.2, 0.25) is 0 Å². The third-order valence-corrected chi connectivity index (χ3v) is 6.83. The van der Waals surface area contributed by atoms with Crippen molar-refractivity contribution in [1.82, 2.24) is 4.90 Å². The molecule has 7 heteroatoms. The summed E-state index contributed by atoms with van der Waals surface area (Å²) in [5, 5.41) is 8.87. The molecule has 152 valence electrons. The molecule has 0 radical (unpaired) electrons. The fourth-order valence-electron chi connectivity index (χ4n) is 3.87. The van der Waals surface area contributed by atoms with Gasteiger partial charge in [0.2, 0.25) is 5.91 Å². The molecule has 6 nitrogen and oxygen atoms in total. The van der Waals surface area contributed by atoms with Crippen LogP contribution in [0.1, 0.15) is 43.7 Å². The van der Waals surface area contributed by atoms with E-state index in [-0.39, 0.29) is 16.6 Å². The van der Waals surface area contributed by atoms with Gasteiger partial charge < -0.3 is 9.08 Å². The molecule has 1 saturated heterocycles. The molecule has 0 bridgehead atoms. The second-order valence-electron chi connectivity index (χ2n) is 7.32. The average Bonchev–Trinajstić information content (AvgIpc) is 2.87. The molecule has 2 aromatic carbocycles. The van der Waals surface area contributed by atoms with Crippen LogP contribution in [-0.4, -0.2) is 32.8 Å². The Bertz CT molecular complexity index is 1040. The Morgan fingerprint density at radius 1 is 1.17 bits per heavy atom. The Morgan fingerprint density at radius 2 is 1.90 bits per heavy atom. The first-order valence-electron chi connectivity index (χ1n) is 9.63. The van der Waals surface area contributed by atoms with E-state index in [9.17, 15) is 13.2 Å². The number of likely N-dealkylation sites (N-methyl/N-ethyl adjacent to an activating group) is 1. The number of rotatable bonds is 5. The van der Waals surface area contributed by atoms with Gasteiger partial charge in [0.25, 0.3) is 0 Å². The maximum absolute atomic E-state index is 13.1. The molecule has 0 unspecified atom stereocenters. The number of nitrogens with zero attached hydrogens (tertiary/aromatic N) is 2. The van der Waals surface area contributed by atoms with Crippen LogP contribution in [0.5, 0.6) is 5.75 Å². The summed E-state index contributed by atoms with van der Waals surface area (Å²) < 4.78 is 30.6. The van der Waals surface area contributed by atoms with Gasteiger partial charge in [0.15, 0.2) is 0 Å². The van der Waals surface area contributed by atoms with Crippen molar-refractivity contribution >= 4 is 16.0 Å². The molecule has 0 aliphatic carbocycles. The van der Waals surface area contributed by atoms with Gasteiger partial charge in [0.05, 0.1) is 17.0 Å². The molecule has 2 aromatic rings. The molecule has 3 rings (SSSR count). The summed E-state index contributed by atoms with van der Waals surface area (Å²) in [7, 11) is -2.24. The van der Waals surface area contributed by atoms with Crippen LogP contribution in [0.4, 0.5) is 0 Å². The van der Waals surface area contributed by atoms with E-state index in [1.165, 1.54) is 24.3 Å². The topological polar surface area (TPSA) is 87.5 Å². The van der Waals surface area contributed by atoms with E-state index in [4.69, 9.17) is 9.44 Å². The van der Waals surface area contributed by atoms with Gasteiger partial charge >= 0.3 is 10.1 Å². The van der Waals surface area contributed by atoms with E-state index >= 15 is 0 Å². The molecule has 1 aliphatic heterocycles. The molecular weight excluding hydrogens is 388 g/mol. The standard InChI is InChI=1S/C22H24N2O4S/c1-3-22(13-4-5-14-24(2)21(22)25)18-7-6-8-19(15-18)28-29(26,27)20-11-9-17(16-23)10-12-20/h6-12,15H,3-5,13-14H2,1-2H3/t22-/m0/s1. The highest BCUT2D eigenvalue weighted by Crippen LogP contribution is 2.39. The SMILES string of the molecule is CC[C@@]1(c2cccc(OS(=O)(=O)c3ccc(C#N)cc3)c2)CCCCN(C)C1=O. The van der Waals surface area contributed by atoms with Crippen molar-refractivity contribution in [3.05, 3.63) is 59.7 Å². The molecular formula is C22H24N2O4S. The minimum Gasteiger partial charge on any atom is -0.379 e. The lowest BCUT2D eigenvalue weighted by atomic mass is 9.73. The van der Waals surface area contributed by atoms with Crippen LogP contribution in [0.3, 0.4) is 0 Å². The Kier molecular flexibility index (Phi) is 5.94. The minimum atomic E-state index is -4.05. The predicted molar refractivity (Wildman–Crippen MR) is 109 cm³/mol. The van der Waals surface area contributed by atoms with Crippen LogP contribution in [0, 0.1) is 11.3 Å². The summed E-state index contributed by atoms with van der Waals surface area (Å²) >= 11 is 0. The Labute approximate surface area is 171 Å². The van der Waals surface area contributed by atoms with Gasteiger partial charge in [-0.15, -0.1) is 0 Å². The minimum absolute atomic E-state index is 0.0302. The number of carbonyl (C=O) groups is 1. The molecule has 0 aromatic heterocycles. The smallest absolute Gasteiger partial charge is 0.339 e. The molecule has 1 aliphatic rings. The Morgan fingerprint density at radius 3 is 2.55 bits per heavy atom. The third kappa shape index (κ3) is 4.13. The lowest BCUT2D eigenvalue weighted by molar-refractivity contribution is -0.135. The second kappa shape index (κ2) is 8.26. The largest absolute Gasteiger partial charge is 0.379 e. The third-order valence-electron chi connectivity index (χ3n) is 5.57. The summed E-state index contributed by atoms with van der Waals surface area (Å²) in [5.41, 5.74) is 0.459. The van der Waals surface area contributed by atoms with E-state index in [0.29, 0.717) is 12.0 Å². The van der Waals surface area contributed by atoms with Gasteiger partial charge in [0, 0.05) is 13.6 Å². The summed E-state index contributed by atoms with van der Waals surface area (Å²) in [6.45, 7) is 2.71. The number of likely N-dealkylation sites (tertiary alicyclic amines) is 1. The zero-order valence-electron chi connectivity index (χ0n) is 16.6. The first kappa shape index (κ1) is 20.9. The molecule has 0 spiro atoms. The van der Waals surface area contributed by atoms with Crippen molar-refractivity contribution in [2.45, 2.75) is 42.9 Å². The van der Waals surface area contributed by atoms with Gasteiger partial charge in [-0.25, -0.2) is 0 Å². The van der Waals surface area contributed by atoms with Crippen LogP contribution < -0.4 is 4.18 Å². The Hall–Kier alpha value is -2.85. The molecule has 29 heavy (non-hydrogen) atoms. The zero-order valence-corrected chi connectivity index (χ0v) is 17.4. The molecule has 0 saturated carbocycles. The van der Waals surface area contributed by atoms with E-state index in [1.807, 2.05) is 26.1 Å². The van der Waals surface area contributed by atoms with E-state index in [0.717, 1.165) is 31.4 Å². The van der Waals surface area contributed by atoms with Gasteiger partial charge in [-0.3, -0.25) is 4.79 Å². The zero-order chi connectivity index (χ0) is 21.1. The molecule has 1 heterocycles. The van der Waals surface area contributed by atoms with Crippen LogP contribution in [-0.2, 0) is 20.3 Å². The summed E-state index contributed by atoms with van der Waals surface area (Å²) in [5.74, 6) is 0.226. The summed E-state index contributed by atoms with van der Waals surface area (Å²) in [6, 6.07) is 14.3. The highest BCUT2D eigenvalue weighted by Gasteiger charge is 2.41. The van der Waals surface area contributed by atoms with E-state index in [1.54, 1.807) is 23.1 Å². The van der Waals surface area contributed by atoms with Crippen molar-refractivity contribution in [1.29, 1.82) is 5.26 Å². The fraction of sp³-hybridized carbons (Fsp3) is 0.364. The summed E-state index contributed by atoms with van der Waals surface area (Å²) in [4.78, 5) is 14.8. The maximum Gasteiger partial charge on any atom is 0.339 e. The van der Waals surface area contributed by atoms with Crippen LogP contribution in [0.15, 0.2) is 53.4 Å². The predicted octanol–water partition coefficient (Wildman–Crippen LogP) is 3.62. The monoisotopic (exact) mass is 412 g/mol. The lowest BCUT2D eigenvalue weighted by Gasteiger charge is -2.33. The molecule has 1 atom stereocenters. The highest BCUT2D eigenvalue weighted by atomic mass is 32.2. The normalized spacial score (nSPS) is 20.0. The van der Waals surface area contributed by atoms with E-state index in [2.05, 4.69) is 0 Å². The van der Waals surface area contributed by atoms with Gasteiger partial charge in [-0.1, -0.05) is 25.5 Å². The number of amides is 1. The fourth-order valence-corrected chi connectivity index (χ4v) is 4.79. The second-order valence-corrected chi connectivity index (χ2v) is 8.87. The first-order chi connectivity index (χ1) is 13.8. The van der Waals surface area contributed by atoms with Crippen molar-refractivity contribution in [3.63, 3.8) is 0 Å². The lowest BCUT2D eigenvalue weighted by Crippen LogP contribution is -2.43. The van der Waals surface area contributed by atoms with Crippen LogP contribution >= 0.6 is 0 Å². The number of carbonyl (C=O) groups excluding carboxylic acids is 1. The number of benzene rings is 2. The number of hydrogen-bond acceptors (Lipinski definition) is 5. The molecule has 1 fully saturated rings. The van der Waals surface area contributed by atoms with Crippen molar-refractivity contribution in [3.8, 4) is 11.8 Å². The average molecular weight is 413 g/mol. The van der Waals surface area contributed by atoms with Crippen molar-refractivity contribution in [2.24, 2.45) is 0 Å². The summed E-state index contributed by atoms with van der Waals surface area (Å²) in [6.07, 6.45) is 3.23. The molecule has 0 N–H and O–H groups in total. The van der Waals surface area contributed by atoms with Crippen LogP contribution in [0.25, 0.3) is 0 Å². The quantitative estimate of drug-likeness (QED) is 0.700. The Balaban J connectivity index is 1.94.